The Balaban J connectivity index is 1.88. The molecular formula is C15H16BrNO5. The van der Waals surface area contributed by atoms with E-state index in [-0.39, 0.29) is 25.5 Å². The van der Waals surface area contributed by atoms with Crippen molar-refractivity contribution < 1.29 is 24.2 Å². The van der Waals surface area contributed by atoms with Gasteiger partial charge in [-0.2, -0.15) is 0 Å². The largest absolute Gasteiger partial charge is 0.480 e. The molecule has 1 aromatic rings. The van der Waals surface area contributed by atoms with Gasteiger partial charge in [-0.25, -0.2) is 4.79 Å². The third kappa shape index (κ3) is 2.88. The third-order valence-corrected chi connectivity index (χ3v) is 4.73. The maximum Gasteiger partial charge on any atom is 0.326 e. The predicted molar refractivity (Wildman–Crippen MR) is 80.4 cm³/mol. The van der Waals surface area contributed by atoms with Crippen LogP contribution in [0, 0.1) is 0 Å². The molecular weight excluding hydrogens is 354 g/mol. The lowest BCUT2D eigenvalue weighted by Crippen LogP contribution is -2.54. The highest BCUT2D eigenvalue weighted by Crippen LogP contribution is 2.30. The van der Waals surface area contributed by atoms with Gasteiger partial charge in [-0.15, -0.1) is 0 Å². The number of amides is 1. The number of hydrogen-bond acceptors (Lipinski definition) is 4. The van der Waals surface area contributed by atoms with E-state index in [0.29, 0.717) is 13.2 Å². The molecule has 1 saturated heterocycles. The molecule has 0 aliphatic carbocycles. The van der Waals surface area contributed by atoms with Gasteiger partial charge < -0.3 is 19.5 Å². The second-order valence-corrected chi connectivity index (χ2v) is 6.19. The highest BCUT2D eigenvalue weighted by atomic mass is 79.9. The van der Waals surface area contributed by atoms with E-state index >= 15 is 0 Å². The molecule has 3 rings (SSSR count). The number of carboxylic acid groups (broad SMARTS) is 1. The number of carbonyl (C=O) groups excluding carboxylic acids is 1. The molecule has 7 heteroatoms. The van der Waals surface area contributed by atoms with Crippen LogP contribution in [0.3, 0.4) is 0 Å². The zero-order valence-corrected chi connectivity index (χ0v) is 13.4. The minimum absolute atomic E-state index is 0.174. The van der Waals surface area contributed by atoms with Crippen molar-refractivity contribution in [2.24, 2.45) is 0 Å². The second kappa shape index (κ2) is 6.36. The van der Waals surface area contributed by atoms with Gasteiger partial charge in [-0.1, -0.05) is 28.1 Å². The van der Waals surface area contributed by atoms with E-state index in [1.54, 1.807) is 0 Å². The molecule has 0 bridgehead atoms. The molecule has 22 heavy (non-hydrogen) atoms. The molecule has 2 heterocycles. The second-order valence-electron chi connectivity index (χ2n) is 5.34. The van der Waals surface area contributed by atoms with Crippen molar-refractivity contribution in [1.82, 2.24) is 4.90 Å². The predicted octanol–water partition coefficient (Wildman–Crippen LogP) is 1.20. The minimum atomic E-state index is -1.01. The molecule has 1 fully saturated rings. The molecule has 118 valence electrons. The number of halogens is 1. The van der Waals surface area contributed by atoms with Gasteiger partial charge in [0.15, 0.2) is 6.10 Å². The Labute approximate surface area is 136 Å². The van der Waals surface area contributed by atoms with Gasteiger partial charge in [0.1, 0.15) is 6.04 Å². The lowest BCUT2D eigenvalue weighted by Gasteiger charge is -2.37. The zero-order chi connectivity index (χ0) is 15.7. The van der Waals surface area contributed by atoms with Crippen LogP contribution in [0.2, 0.25) is 0 Å². The summed E-state index contributed by atoms with van der Waals surface area (Å²) < 4.78 is 11.5. The number of benzene rings is 1. The summed E-state index contributed by atoms with van der Waals surface area (Å²) in [5.74, 6) is -1.33. The lowest BCUT2D eigenvalue weighted by atomic mass is 9.93. The first-order valence-electron chi connectivity index (χ1n) is 7.07. The van der Waals surface area contributed by atoms with Gasteiger partial charge in [0, 0.05) is 17.4 Å². The fraction of sp³-hybridized carbons (Fsp3) is 0.467. The van der Waals surface area contributed by atoms with E-state index < -0.39 is 18.1 Å². The summed E-state index contributed by atoms with van der Waals surface area (Å²) in [6, 6.07) is 4.79. The van der Waals surface area contributed by atoms with Crippen LogP contribution in [0.4, 0.5) is 0 Å². The van der Waals surface area contributed by atoms with Crippen molar-refractivity contribution in [3.63, 3.8) is 0 Å². The Kier molecular flexibility index (Phi) is 4.46. The number of fused-ring (bicyclic) bond motifs is 1. The van der Waals surface area contributed by atoms with Crippen molar-refractivity contribution in [2.75, 3.05) is 19.8 Å². The average molecular weight is 370 g/mol. The maximum atomic E-state index is 12.6. The van der Waals surface area contributed by atoms with Crippen molar-refractivity contribution >= 4 is 27.8 Å². The maximum absolute atomic E-state index is 12.6. The first-order valence-corrected chi connectivity index (χ1v) is 7.86. The van der Waals surface area contributed by atoms with Gasteiger partial charge in [0.2, 0.25) is 0 Å². The summed E-state index contributed by atoms with van der Waals surface area (Å²) in [7, 11) is 0. The summed E-state index contributed by atoms with van der Waals surface area (Å²) >= 11 is 3.45. The molecule has 0 spiro atoms. The molecule has 2 aliphatic rings. The monoisotopic (exact) mass is 369 g/mol. The normalized spacial score (nSPS) is 24.7. The van der Waals surface area contributed by atoms with Crippen LogP contribution in [-0.2, 0) is 32.0 Å². The smallest absolute Gasteiger partial charge is 0.326 e. The highest BCUT2D eigenvalue weighted by Gasteiger charge is 2.39. The Morgan fingerprint density at radius 2 is 2.14 bits per heavy atom. The van der Waals surface area contributed by atoms with E-state index in [9.17, 15) is 14.7 Å². The van der Waals surface area contributed by atoms with Crippen LogP contribution >= 0.6 is 15.9 Å². The summed E-state index contributed by atoms with van der Waals surface area (Å²) in [5, 5.41) is 9.49. The third-order valence-electron chi connectivity index (χ3n) is 3.99. The number of ether oxygens (including phenoxy) is 2. The Hall–Kier alpha value is -1.44. The molecule has 0 aromatic heterocycles. The molecule has 6 nitrogen and oxygen atoms in total. The Morgan fingerprint density at radius 1 is 1.32 bits per heavy atom. The first-order chi connectivity index (χ1) is 10.6. The van der Waals surface area contributed by atoms with Crippen LogP contribution in [0.25, 0.3) is 0 Å². The quantitative estimate of drug-likeness (QED) is 0.847. The topological polar surface area (TPSA) is 76.1 Å². The fourth-order valence-electron chi connectivity index (χ4n) is 2.84. The average Bonchev–Trinajstić information content (AvgIpc) is 2.54. The number of hydrogen-bond donors (Lipinski definition) is 1. The van der Waals surface area contributed by atoms with E-state index in [1.807, 2.05) is 18.2 Å². The summed E-state index contributed by atoms with van der Waals surface area (Å²) in [6.07, 6.45) is -0.435. The summed E-state index contributed by atoms with van der Waals surface area (Å²) in [5.41, 5.74) is 1.90. The molecule has 2 aliphatic heterocycles. The van der Waals surface area contributed by atoms with Crippen LogP contribution in [0.1, 0.15) is 11.1 Å². The SMILES string of the molecule is O=C(O)C1Cc2c(Br)cccc2CN1C(=O)C1COCCO1. The van der Waals surface area contributed by atoms with Crippen LogP contribution < -0.4 is 0 Å². The van der Waals surface area contributed by atoms with E-state index in [4.69, 9.17) is 9.47 Å². The number of carboxylic acids is 1. The van der Waals surface area contributed by atoms with Gasteiger partial charge >= 0.3 is 5.97 Å². The van der Waals surface area contributed by atoms with Gasteiger partial charge in [0.05, 0.1) is 19.8 Å². The van der Waals surface area contributed by atoms with Crippen LogP contribution in [0.15, 0.2) is 22.7 Å². The molecule has 1 aromatic carbocycles. The van der Waals surface area contributed by atoms with E-state index in [2.05, 4.69) is 15.9 Å². The highest BCUT2D eigenvalue weighted by molar-refractivity contribution is 9.10. The van der Waals surface area contributed by atoms with Crippen molar-refractivity contribution in [2.45, 2.75) is 25.1 Å². The standard InChI is InChI=1S/C15H16BrNO5/c16-11-3-1-2-9-7-17(12(15(19)20)6-10(9)11)14(18)13-8-21-4-5-22-13/h1-3,12-13H,4-8H2,(H,19,20). The zero-order valence-electron chi connectivity index (χ0n) is 11.8. The Morgan fingerprint density at radius 3 is 2.82 bits per heavy atom. The summed E-state index contributed by atoms with van der Waals surface area (Å²) in [6.45, 7) is 1.25. The van der Waals surface area contributed by atoms with E-state index in [1.165, 1.54) is 4.90 Å². The number of aliphatic carboxylic acids is 1. The van der Waals surface area contributed by atoms with Crippen molar-refractivity contribution in [1.29, 1.82) is 0 Å². The molecule has 2 atom stereocenters. The van der Waals surface area contributed by atoms with E-state index in [0.717, 1.165) is 15.6 Å². The van der Waals surface area contributed by atoms with Crippen molar-refractivity contribution in [3.8, 4) is 0 Å². The van der Waals surface area contributed by atoms with Crippen LogP contribution in [-0.4, -0.2) is 53.8 Å². The molecule has 0 radical (unpaired) electrons. The summed E-state index contributed by atoms with van der Waals surface area (Å²) in [4.78, 5) is 25.6. The fourth-order valence-corrected chi connectivity index (χ4v) is 3.41. The Bertz CT molecular complexity index is 600. The van der Waals surface area contributed by atoms with Gasteiger partial charge in [0.25, 0.3) is 5.91 Å². The lowest BCUT2D eigenvalue weighted by molar-refractivity contribution is -0.166. The first kappa shape index (κ1) is 15.5. The minimum Gasteiger partial charge on any atom is -0.480 e. The number of nitrogens with zero attached hydrogens (tertiary/aromatic N) is 1. The number of rotatable bonds is 2. The van der Waals surface area contributed by atoms with Crippen LogP contribution in [0.5, 0.6) is 0 Å². The van der Waals surface area contributed by atoms with Gasteiger partial charge in [-0.05, 0) is 17.2 Å². The van der Waals surface area contributed by atoms with Crippen molar-refractivity contribution in [3.05, 3.63) is 33.8 Å². The molecule has 0 saturated carbocycles. The molecule has 1 N–H and O–H groups in total. The molecule has 2 unspecified atom stereocenters. The number of carbonyl (C=O) groups is 2. The molecule has 1 amide bonds. The van der Waals surface area contributed by atoms with Gasteiger partial charge in [-0.3, -0.25) is 4.79 Å².